The van der Waals surface area contributed by atoms with Gasteiger partial charge in [0.25, 0.3) is 5.78 Å². The van der Waals surface area contributed by atoms with Crippen molar-refractivity contribution in [1.82, 2.24) is 4.98 Å². The molecule has 4 rings (SSSR count). The lowest BCUT2D eigenvalue weighted by Gasteiger charge is -2.24. The molecule has 10 nitrogen and oxygen atoms in total. The van der Waals surface area contributed by atoms with E-state index in [4.69, 9.17) is 14.2 Å². The number of esters is 1. The Kier molecular flexibility index (Phi) is 7.74. The summed E-state index contributed by atoms with van der Waals surface area (Å²) >= 11 is 4.17. The molecule has 0 saturated carbocycles. The Hall–Kier alpha value is -3.90. The number of hydrogen-bond acceptors (Lipinski definition) is 10. The molecule has 0 aliphatic carbocycles. The molecule has 1 amide bonds. The minimum absolute atomic E-state index is 0.0607. The third-order valence-corrected chi connectivity index (χ3v) is 7.57. The van der Waals surface area contributed by atoms with Gasteiger partial charge in [-0.3, -0.25) is 14.5 Å². The van der Waals surface area contributed by atoms with Gasteiger partial charge < -0.3 is 24.4 Å². The summed E-state index contributed by atoms with van der Waals surface area (Å²) < 4.78 is 15.8. The van der Waals surface area contributed by atoms with Gasteiger partial charge >= 0.3 is 11.9 Å². The molecule has 1 atom stereocenters. The zero-order chi connectivity index (χ0) is 27.7. The second kappa shape index (κ2) is 10.8. The first-order chi connectivity index (χ1) is 18.1. The van der Waals surface area contributed by atoms with Gasteiger partial charge in [-0.2, -0.15) is 0 Å². The summed E-state index contributed by atoms with van der Waals surface area (Å²) in [5, 5.41) is 21.8. The molecule has 0 spiro atoms. The number of ketones is 1. The number of amides is 1. The van der Waals surface area contributed by atoms with Gasteiger partial charge in [0.15, 0.2) is 16.6 Å². The average molecular weight is 603 g/mol. The molecular formula is C26H23BrN2O8S. The van der Waals surface area contributed by atoms with Crippen LogP contribution in [-0.4, -0.2) is 53.7 Å². The lowest BCUT2D eigenvalue weighted by Crippen LogP contribution is -2.29. The van der Waals surface area contributed by atoms with Gasteiger partial charge in [0.05, 0.1) is 42.6 Å². The number of thiazole rings is 1. The summed E-state index contributed by atoms with van der Waals surface area (Å²) in [5.41, 5.74) is 0.690. The van der Waals surface area contributed by atoms with Crippen molar-refractivity contribution in [3.8, 4) is 17.2 Å². The van der Waals surface area contributed by atoms with Gasteiger partial charge in [-0.1, -0.05) is 23.5 Å². The molecule has 1 aromatic heterocycles. The fraction of sp³-hybridized carbons (Fsp3) is 0.231. The summed E-state index contributed by atoms with van der Waals surface area (Å²) in [7, 11) is 2.82. The molecule has 0 bridgehead atoms. The Balaban J connectivity index is 1.98. The van der Waals surface area contributed by atoms with Crippen molar-refractivity contribution in [2.45, 2.75) is 19.9 Å². The molecule has 198 valence electrons. The molecule has 1 fully saturated rings. The number of carbonyl (C=O) groups is 3. The number of methoxy groups -OCH3 is 2. The van der Waals surface area contributed by atoms with Crippen LogP contribution in [0.25, 0.3) is 5.76 Å². The maximum Gasteiger partial charge on any atom is 0.350 e. The number of benzene rings is 2. The van der Waals surface area contributed by atoms with Gasteiger partial charge in [0.2, 0.25) is 0 Å². The van der Waals surface area contributed by atoms with E-state index in [2.05, 4.69) is 20.9 Å². The number of anilines is 1. The van der Waals surface area contributed by atoms with Crippen LogP contribution >= 0.6 is 27.3 Å². The first-order valence-corrected chi connectivity index (χ1v) is 12.9. The van der Waals surface area contributed by atoms with Crippen molar-refractivity contribution in [3.63, 3.8) is 0 Å². The fourth-order valence-corrected chi connectivity index (χ4v) is 5.50. The van der Waals surface area contributed by atoms with Crippen LogP contribution < -0.4 is 14.4 Å². The van der Waals surface area contributed by atoms with E-state index in [-0.39, 0.29) is 43.7 Å². The summed E-state index contributed by atoms with van der Waals surface area (Å²) in [6.07, 6.45) is 0. The number of Topliss-reactive ketones (excluding diaryl/α,β-unsaturated/α-hetero) is 1. The molecule has 0 radical (unpaired) electrons. The van der Waals surface area contributed by atoms with E-state index in [1.165, 1.54) is 32.4 Å². The Morgan fingerprint density at radius 3 is 2.58 bits per heavy atom. The van der Waals surface area contributed by atoms with Crippen molar-refractivity contribution >= 4 is 55.8 Å². The number of nitrogens with zero attached hydrogens (tertiary/aromatic N) is 2. The van der Waals surface area contributed by atoms with Crippen molar-refractivity contribution in [2.75, 3.05) is 25.7 Å². The van der Waals surface area contributed by atoms with Crippen LogP contribution in [0.1, 0.15) is 39.5 Å². The average Bonchev–Trinajstić information content (AvgIpc) is 3.41. The largest absolute Gasteiger partial charge is 0.507 e. The monoisotopic (exact) mass is 602 g/mol. The molecule has 2 aromatic carbocycles. The van der Waals surface area contributed by atoms with Crippen molar-refractivity contribution < 1.29 is 38.8 Å². The van der Waals surface area contributed by atoms with E-state index in [1.807, 2.05) is 0 Å². The number of rotatable bonds is 7. The quantitative estimate of drug-likeness (QED) is 0.170. The highest BCUT2D eigenvalue weighted by atomic mass is 79.9. The van der Waals surface area contributed by atoms with Crippen molar-refractivity contribution in [1.29, 1.82) is 0 Å². The second-order valence-electron chi connectivity index (χ2n) is 8.09. The van der Waals surface area contributed by atoms with Gasteiger partial charge in [-0.25, -0.2) is 9.78 Å². The molecule has 1 saturated heterocycles. The number of halogens is 1. The zero-order valence-electron chi connectivity index (χ0n) is 20.8. The van der Waals surface area contributed by atoms with E-state index < -0.39 is 29.5 Å². The number of aliphatic hydroxyl groups is 1. The van der Waals surface area contributed by atoms with Gasteiger partial charge in [-0.15, -0.1) is 0 Å². The molecule has 1 aliphatic rings. The molecule has 2 heterocycles. The number of aromatic nitrogens is 1. The topological polar surface area (TPSA) is 135 Å². The van der Waals surface area contributed by atoms with Crippen LogP contribution in [0.15, 0.2) is 46.4 Å². The van der Waals surface area contributed by atoms with Gasteiger partial charge in [0, 0.05) is 5.56 Å². The van der Waals surface area contributed by atoms with Crippen LogP contribution in [0.2, 0.25) is 0 Å². The van der Waals surface area contributed by atoms with Crippen LogP contribution in [0.5, 0.6) is 17.2 Å². The van der Waals surface area contributed by atoms with E-state index in [1.54, 1.807) is 32.0 Å². The van der Waals surface area contributed by atoms with Crippen LogP contribution in [0.3, 0.4) is 0 Å². The fourth-order valence-electron chi connectivity index (χ4n) is 4.05. The number of aromatic hydroxyl groups is 1. The van der Waals surface area contributed by atoms with Crippen LogP contribution in [0, 0.1) is 6.92 Å². The minimum atomic E-state index is -1.17. The number of phenolic OH excluding ortho intramolecular Hbond substituents is 1. The standard InChI is InChI=1S/C26H23BrN2O8S/c1-5-37-25(34)23-12(2)28-26(38-23)29-19(14-10-16(27)21(31)17(11-14)36-4)18(22(32)24(29)33)20(30)13-7-6-8-15(9-13)35-3/h6-11,19,30-31H,5H2,1-4H3/b20-18+. The molecule has 38 heavy (non-hydrogen) atoms. The number of ether oxygens (including phenoxy) is 3. The highest BCUT2D eigenvalue weighted by Crippen LogP contribution is 2.47. The van der Waals surface area contributed by atoms with Crippen molar-refractivity contribution in [2.24, 2.45) is 0 Å². The van der Waals surface area contributed by atoms with E-state index in [0.717, 1.165) is 16.2 Å². The Bertz CT molecular complexity index is 1480. The molecule has 1 unspecified atom stereocenters. The zero-order valence-corrected chi connectivity index (χ0v) is 23.2. The summed E-state index contributed by atoms with van der Waals surface area (Å²) in [5.74, 6) is -2.62. The first-order valence-electron chi connectivity index (χ1n) is 11.3. The lowest BCUT2D eigenvalue weighted by atomic mass is 9.95. The highest BCUT2D eigenvalue weighted by molar-refractivity contribution is 9.10. The maximum absolute atomic E-state index is 13.4. The Morgan fingerprint density at radius 2 is 1.92 bits per heavy atom. The number of aliphatic hydroxyl groups excluding tert-OH is 1. The Labute approximate surface area is 230 Å². The highest BCUT2D eigenvalue weighted by Gasteiger charge is 2.49. The van der Waals surface area contributed by atoms with Gasteiger partial charge in [0.1, 0.15) is 16.4 Å². The summed E-state index contributed by atoms with van der Waals surface area (Å²) in [6.45, 7) is 3.41. The van der Waals surface area contributed by atoms with Crippen molar-refractivity contribution in [3.05, 3.63) is 68.1 Å². The van der Waals surface area contributed by atoms with Crippen LogP contribution in [-0.2, 0) is 14.3 Å². The predicted molar refractivity (Wildman–Crippen MR) is 143 cm³/mol. The molecule has 2 N–H and O–H groups in total. The Morgan fingerprint density at radius 1 is 1.18 bits per heavy atom. The van der Waals surface area contributed by atoms with Crippen LogP contribution in [0.4, 0.5) is 5.13 Å². The summed E-state index contributed by atoms with van der Waals surface area (Å²) in [6, 6.07) is 8.19. The first kappa shape index (κ1) is 27.1. The number of hydrogen-bond donors (Lipinski definition) is 2. The van der Waals surface area contributed by atoms with E-state index in [0.29, 0.717) is 17.0 Å². The summed E-state index contributed by atoms with van der Waals surface area (Å²) in [4.78, 5) is 45.0. The lowest BCUT2D eigenvalue weighted by molar-refractivity contribution is -0.132. The third-order valence-electron chi connectivity index (χ3n) is 5.83. The van der Waals surface area contributed by atoms with Gasteiger partial charge in [-0.05, 0) is 59.6 Å². The maximum atomic E-state index is 13.4. The molecule has 3 aromatic rings. The minimum Gasteiger partial charge on any atom is -0.507 e. The molecular weight excluding hydrogens is 580 g/mol. The predicted octanol–water partition coefficient (Wildman–Crippen LogP) is 4.74. The smallest absolute Gasteiger partial charge is 0.350 e. The normalized spacial score (nSPS) is 16.6. The number of carbonyl (C=O) groups excluding carboxylic acids is 3. The molecule has 1 aliphatic heterocycles. The number of phenols is 1. The second-order valence-corrected chi connectivity index (χ2v) is 9.92. The third kappa shape index (κ3) is 4.72. The van der Waals surface area contributed by atoms with E-state index >= 15 is 0 Å². The number of aryl methyl sites for hydroxylation is 1. The van der Waals surface area contributed by atoms with E-state index in [9.17, 15) is 24.6 Å². The molecule has 12 heteroatoms. The SMILES string of the molecule is CCOC(=O)c1sc(N2C(=O)C(=O)/C(=C(/O)c3cccc(OC)c3)C2c2cc(Br)c(O)c(OC)c2)nc1C.